The molecule has 4 rings (SSSR count). The van der Waals surface area contributed by atoms with E-state index in [1.165, 1.54) is 6.20 Å². The van der Waals surface area contributed by atoms with Gasteiger partial charge in [0.1, 0.15) is 0 Å². The second-order valence-electron chi connectivity index (χ2n) is 6.01. The SMILES string of the molecule is O=C(Nc1cccc(Cn2cccn2)c1)c1cnn(-c2ccc(Cl)cc2)c1. The highest BCUT2D eigenvalue weighted by molar-refractivity contribution is 6.30. The number of nitrogens with zero attached hydrogens (tertiary/aromatic N) is 4. The minimum Gasteiger partial charge on any atom is -0.322 e. The van der Waals surface area contributed by atoms with Gasteiger partial charge in [-0.25, -0.2) is 4.68 Å². The molecule has 0 aliphatic rings. The van der Waals surface area contributed by atoms with Gasteiger partial charge in [0, 0.05) is 29.3 Å². The molecule has 0 saturated heterocycles. The van der Waals surface area contributed by atoms with E-state index < -0.39 is 0 Å². The number of amides is 1. The molecule has 4 aromatic rings. The van der Waals surface area contributed by atoms with Crippen LogP contribution in [0.2, 0.25) is 5.02 Å². The highest BCUT2D eigenvalue weighted by Gasteiger charge is 2.10. The van der Waals surface area contributed by atoms with Crippen LogP contribution in [0.1, 0.15) is 15.9 Å². The lowest BCUT2D eigenvalue weighted by molar-refractivity contribution is 0.102. The summed E-state index contributed by atoms with van der Waals surface area (Å²) in [4.78, 5) is 12.5. The van der Waals surface area contributed by atoms with Crippen molar-refractivity contribution < 1.29 is 4.79 Å². The van der Waals surface area contributed by atoms with E-state index >= 15 is 0 Å². The van der Waals surface area contributed by atoms with Gasteiger partial charge in [-0.15, -0.1) is 0 Å². The van der Waals surface area contributed by atoms with Gasteiger partial charge in [-0.05, 0) is 48.0 Å². The molecule has 6 nitrogen and oxygen atoms in total. The van der Waals surface area contributed by atoms with Gasteiger partial charge in [0.05, 0.1) is 24.0 Å². The lowest BCUT2D eigenvalue weighted by atomic mass is 10.2. The first-order chi connectivity index (χ1) is 13.2. The predicted octanol–water partition coefficient (Wildman–Crippen LogP) is 4.02. The number of benzene rings is 2. The van der Waals surface area contributed by atoms with Crippen molar-refractivity contribution in [2.75, 3.05) is 5.32 Å². The Kier molecular flexibility index (Phi) is 4.72. The molecule has 0 aliphatic heterocycles. The number of hydrogen-bond donors (Lipinski definition) is 1. The van der Waals surface area contributed by atoms with Crippen molar-refractivity contribution in [2.45, 2.75) is 6.54 Å². The Balaban J connectivity index is 1.47. The minimum absolute atomic E-state index is 0.216. The second-order valence-corrected chi connectivity index (χ2v) is 6.44. The molecular weight excluding hydrogens is 362 g/mol. The molecule has 1 N–H and O–H groups in total. The molecule has 0 saturated carbocycles. The molecule has 7 heteroatoms. The third-order valence-electron chi connectivity index (χ3n) is 4.02. The Labute approximate surface area is 161 Å². The maximum absolute atomic E-state index is 12.5. The standard InChI is InChI=1S/C20H16ClN5O/c21-17-5-7-19(8-6-17)26-14-16(12-23-26)20(27)24-18-4-1-3-15(11-18)13-25-10-2-9-22-25/h1-12,14H,13H2,(H,24,27). The average molecular weight is 378 g/mol. The van der Waals surface area contributed by atoms with Gasteiger partial charge < -0.3 is 5.32 Å². The highest BCUT2D eigenvalue weighted by atomic mass is 35.5. The van der Waals surface area contributed by atoms with Crippen molar-refractivity contribution in [1.29, 1.82) is 0 Å². The fraction of sp³-hybridized carbons (Fsp3) is 0.0500. The molecule has 2 aromatic heterocycles. The third-order valence-corrected chi connectivity index (χ3v) is 4.28. The van der Waals surface area contributed by atoms with Crippen molar-refractivity contribution >= 4 is 23.2 Å². The van der Waals surface area contributed by atoms with E-state index in [0.717, 1.165) is 16.9 Å². The normalized spacial score (nSPS) is 10.7. The predicted molar refractivity (Wildman–Crippen MR) is 104 cm³/mol. The van der Waals surface area contributed by atoms with Gasteiger partial charge in [0.2, 0.25) is 0 Å². The van der Waals surface area contributed by atoms with Crippen LogP contribution in [0, 0.1) is 0 Å². The molecule has 2 aromatic carbocycles. The first-order valence-electron chi connectivity index (χ1n) is 8.36. The number of carbonyl (C=O) groups is 1. The third kappa shape index (κ3) is 4.07. The van der Waals surface area contributed by atoms with Crippen LogP contribution in [0.3, 0.4) is 0 Å². The summed E-state index contributed by atoms with van der Waals surface area (Å²) < 4.78 is 3.47. The number of hydrogen-bond acceptors (Lipinski definition) is 3. The van der Waals surface area contributed by atoms with Gasteiger partial charge in [-0.1, -0.05) is 23.7 Å². The summed E-state index contributed by atoms with van der Waals surface area (Å²) in [6, 6.07) is 16.8. The summed E-state index contributed by atoms with van der Waals surface area (Å²) in [5.74, 6) is -0.216. The molecule has 0 fully saturated rings. The zero-order chi connectivity index (χ0) is 18.6. The summed E-state index contributed by atoms with van der Waals surface area (Å²) in [6.07, 6.45) is 6.87. The minimum atomic E-state index is -0.216. The smallest absolute Gasteiger partial charge is 0.258 e. The van der Waals surface area contributed by atoms with Crippen LogP contribution in [-0.4, -0.2) is 25.5 Å². The number of anilines is 1. The van der Waals surface area contributed by atoms with Crippen molar-refractivity contribution in [3.63, 3.8) is 0 Å². The number of carbonyl (C=O) groups excluding carboxylic acids is 1. The van der Waals surface area contributed by atoms with E-state index in [4.69, 9.17) is 11.6 Å². The Morgan fingerprint density at radius 2 is 1.93 bits per heavy atom. The van der Waals surface area contributed by atoms with E-state index in [1.807, 2.05) is 53.3 Å². The summed E-state index contributed by atoms with van der Waals surface area (Å²) in [5.41, 5.74) is 3.08. The zero-order valence-electron chi connectivity index (χ0n) is 14.3. The van der Waals surface area contributed by atoms with E-state index in [0.29, 0.717) is 17.1 Å². The first kappa shape index (κ1) is 17.1. The van der Waals surface area contributed by atoms with Crippen molar-refractivity contribution in [3.05, 3.63) is 95.5 Å². The number of rotatable bonds is 5. The maximum Gasteiger partial charge on any atom is 0.258 e. The lowest BCUT2D eigenvalue weighted by Gasteiger charge is -2.07. The molecule has 2 heterocycles. The fourth-order valence-corrected chi connectivity index (χ4v) is 2.83. The van der Waals surface area contributed by atoms with Crippen LogP contribution in [0.4, 0.5) is 5.69 Å². The molecule has 0 bridgehead atoms. The van der Waals surface area contributed by atoms with Crippen molar-refractivity contribution in [3.8, 4) is 5.69 Å². The van der Waals surface area contributed by atoms with Crippen LogP contribution in [0.5, 0.6) is 0 Å². The molecule has 27 heavy (non-hydrogen) atoms. The van der Waals surface area contributed by atoms with Gasteiger partial charge in [0.15, 0.2) is 0 Å². The van der Waals surface area contributed by atoms with Crippen molar-refractivity contribution in [1.82, 2.24) is 19.6 Å². The van der Waals surface area contributed by atoms with Crippen LogP contribution in [0.25, 0.3) is 5.69 Å². The lowest BCUT2D eigenvalue weighted by Crippen LogP contribution is -2.11. The van der Waals surface area contributed by atoms with Crippen molar-refractivity contribution in [2.24, 2.45) is 0 Å². The molecule has 1 amide bonds. The first-order valence-corrected chi connectivity index (χ1v) is 8.73. The number of halogens is 1. The largest absolute Gasteiger partial charge is 0.322 e. The Hall–Kier alpha value is -3.38. The van der Waals surface area contributed by atoms with Crippen LogP contribution in [0.15, 0.2) is 79.4 Å². The van der Waals surface area contributed by atoms with Gasteiger partial charge in [0.25, 0.3) is 5.91 Å². The number of nitrogens with one attached hydrogen (secondary N) is 1. The van der Waals surface area contributed by atoms with Gasteiger partial charge >= 0.3 is 0 Å². The summed E-state index contributed by atoms with van der Waals surface area (Å²) in [7, 11) is 0. The summed E-state index contributed by atoms with van der Waals surface area (Å²) in [5, 5.41) is 12.0. The van der Waals surface area contributed by atoms with Crippen LogP contribution < -0.4 is 5.32 Å². The summed E-state index contributed by atoms with van der Waals surface area (Å²) in [6.45, 7) is 0.644. The Morgan fingerprint density at radius 1 is 1.07 bits per heavy atom. The number of aromatic nitrogens is 4. The monoisotopic (exact) mass is 377 g/mol. The summed E-state index contributed by atoms with van der Waals surface area (Å²) >= 11 is 5.90. The fourth-order valence-electron chi connectivity index (χ4n) is 2.71. The molecule has 0 unspecified atom stereocenters. The molecule has 0 atom stereocenters. The molecule has 0 spiro atoms. The van der Waals surface area contributed by atoms with E-state index in [-0.39, 0.29) is 5.91 Å². The zero-order valence-corrected chi connectivity index (χ0v) is 15.0. The molecule has 0 radical (unpaired) electrons. The highest BCUT2D eigenvalue weighted by Crippen LogP contribution is 2.16. The molecule has 0 aliphatic carbocycles. The van der Waals surface area contributed by atoms with E-state index in [2.05, 4.69) is 15.5 Å². The van der Waals surface area contributed by atoms with Crippen LogP contribution >= 0.6 is 11.6 Å². The maximum atomic E-state index is 12.5. The van der Waals surface area contributed by atoms with Gasteiger partial charge in [-0.3, -0.25) is 9.48 Å². The average Bonchev–Trinajstić information content (AvgIpc) is 3.35. The Bertz CT molecular complexity index is 1050. The molecule has 134 valence electrons. The quantitative estimate of drug-likeness (QED) is 0.571. The second kappa shape index (κ2) is 7.47. The molecular formula is C20H16ClN5O. The van der Waals surface area contributed by atoms with Gasteiger partial charge in [-0.2, -0.15) is 10.2 Å². The van der Waals surface area contributed by atoms with E-state index in [9.17, 15) is 4.79 Å². The topological polar surface area (TPSA) is 64.7 Å². The Morgan fingerprint density at radius 3 is 2.70 bits per heavy atom. The van der Waals surface area contributed by atoms with E-state index in [1.54, 1.807) is 29.2 Å². The van der Waals surface area contributed by atoms with Crippen LogP contribution in [-0.2, 0) is 6.54 Å².